The quantitative estimate of drug-likeness (QED) is 0.438. The number of hydrogen-bond donors (Lipinski definition) is 0. The summed E-state index contributed by atoms with van der Waals surface area (Å²) in [5, 5.41) is 0. The van der Waals surface area contributed by atoms with Gasteiger partial charge in [0.2, 0.25) is 5.78 Å². The van der Waals surface area contributed by atoms with E-state index in [2.05, 4.69) is 0 Å². The zero-order chi connectivity index (χ0) is 6.69. The highest BCUT2D eigenvalue weighted by atomic mass is 16.3. The standard InChI is InChI=1S/C7H5O2/c1-2-6(8)7-4-3-5-9-7/h1-5H. The summed E-state index contributed by atoms with van der Waals surface area (Å²) in [5.41, 5.74) is 0. The molecule has 0 aromatic carbocycles. The highest BCUT2D eigenvalue weighted by molar-refractivity contribution is 6.01. The van der Waals surface area contributed by atoms with E-state index in [9.17, 15) is 4.79 Å². The summed E-state index contributed by atoms with van der Waals surface area (Å²) in [5.74, 6) is -0.0162. The van der Waals surface area contributed by atoms with Gasteiger partial charge in [0.1, 0.15) is 0 Å². The molecule has 0 fully saturated rings. The summed E-state index contributed by atoms with van der Waals surface area (Å²) in [7, 11) is 0. The van der Waals surface area contributed by atoms with Gasteiger partial charge in [-0.3, -0.25) is 4.79 Å². The molecule has 0 aliphatic carbocycles. The van der Waals surface area contributed by atoms with Crippen LogP contribution in [0, 0.1) is 6.58 Å². The van der Waals surface area contributed by atoms with Crippen molar-refractivity contribution in [1.29, 1.82) is 0 Å². The van der Waals surface area contributed by atoms with Crippen LogP contribution in [0.15, 0.2) is 28.9 Å². The third kappa shape index (κ3) is 1.08. The van der Waals surface area contributed by atoms with Crippen molar-refractivity contribution in [3.05, 3.63) is 36.8 Å². The number of allylic oxidation sites excluding steroid dienone is 1. The summed E-state index contributed by atoms with van der Waals surface area (Å²) >= 11 is 0. The fourth-order valence-corrected chi connectivity index (χ4v) is 0.501. The first-order chi connectivity index (χ1) is 4.34. The van der Waals surface area contributed by atoms with Gasteiger partial charge >= 0.3 is 0 Å². The molecule has 1 aromatic heterocycles. The Hall–Kier alpha value is -1.31. The highest BCUT2D eigenvalue weighted by Crippen LogP contribution is 2.00. The van der Waals surface area contributed by atoms with Crippen molar-refractivity contribution < 1.29 is 9.21 Å². The van der Waals surface area contributed by atoms with Crippen molar-refractivity contribution in [2.75, 3.05) is 0 Å². The second-order valence-corrected chi connectivity index (χ2v) is 1.51. The second kappa shape index (κ2) is 2.31. The summed E-state index contributed by atoms with van der Waals surface area (Å²) in [6.45, 7) is 4.93. The fraction of sp³-hybridized carbons (Fsp3) is 0. The minimum absolute atomic E-state index is 0.275. The van der Waals surface area contributed by atoms with E-state index in [1.165, 1.54) is 6.26 Å². The van der Waals surface area contributed by atoms with E-state index < -0.39 is 0 Å². The number of ketones is 1. The number of carbonyl (C=O) groups excluding carboxylic acids is 1. The zero-order valence-electron chi connectivity index (χ0n) is 4.70. The largest absolute Gasteiger partial charge is 0.461 e. The van der Waals surface area contributed by atoms with Gasteiger partial charge in [-0.2, -0.15) is 0 Å². The highest BCUT2D eigenvalue weighted by Gasteiger charge is 2.00. The Bertz CT molecular complexity index is 209. The van der Waals surface area contributed by atoms with Crippen LogP contribution in [0.2, 0.25) is 0 Å². The molecule has 0 aliphatic rings. The monoisotopic (exact) mass is 121 g/mol. The summed E-state index contributed by atoms with van der Waals surface area (Å²) < 4.78 is 4.73. The van der Waals surface area contributed by atoms with Crippen LogP contribution in [-0.4, -0.2) is 5.78 Å². The molecule has 1 aromatic rings. The first kappa shape index (κ1) is 5.82. The minimum Gasteiger partial charge on any atom is -0.461 e. The molecule has 0 unspecified atom stereocenters. The average Bonchev–Trinajstić information content (AvgIpc) is 2.37. The van der Waals surface area contributed by atoms with Crippen molar-refractivity contribution >= 4 is 5.78 Å². The Kier molecular flexibility index (Phi) is 1.49. The smallest absolute Gasteiger partial charge is 0.220 e. The molecule has 0 spiro atoms. The first-order valence-electron chi connectivity index (χ1n) is 2.47. The lowest BCUT2D eigenvalue weighted by Gasteiger charge is -1.82. The fourth-order valence-electron chi connectivity index (χ4n) is 0.501. The van der Waals surface area contributed by atoms with Gasteiger partial charge in [0.15, 0.2) is 5.76 Å². The molecule has 0 saturated heterocycles. The first-order valence-corrected chi connectivity index (χ1v) is 2.47. The topological polar surface area (TPSA) is 30.2 Å². The zero-order valence-corrected chi connectivity index (χ0v) is 4.70. The number of rotatable bonds is 2. The molecule has 1 rings (SSSR count). The van der Waals surface area contributed by atoms with Gasteiger partial charge in [-0.25, -0.2) is 0 Å². The van der Waals surface area contributed by atoms with Gasteiger partial charge in [0.25, 0.3) is 0 Å². The summed E-state index contributed by atoms with van der Waals surface area (Å²) in [6.07, 6.45) is 2.40. The maximum Gasteiger partial charge on any atom is 0.220 e. The number of carbonyl (C=O) groups is 1. The van der Waals surface area contributed by atoms with Crippen molar-refractivity contribution in [2.45, 2.75) is 0 Å². The second-order valence-electron chi connectivity index (χ2n) is 1.51. The van der Waals surface area contributed by atoms with Crippen LogP contribution < -0.4 is 0 Å². The molecule has 0 bridgehead atoms. The van der Waals surface area contributed by atoms with E-state index in [0.717, 1.165) is 6.08 Å². The van der Waals surface area contributed by atoms with Crippen molar-refractivity contribution in [2.24, 2.45) is 0 Å². The van der Waals surface area contributed by atoms with Crippen LogP contribution in [0.3, 0.4) is 0 Å². The van der Waals surface area contributed by atoms with E-state index in [0.29, 0.717) is 0 Å². The Morgan fingerprint density at radius 3 is 3.00 bits per heavy atom. The third-order valence-corrected chi connectivity index (χ3v) is 0.915. The van der Waals surface area contributed by atoms with Gasteiger partial charge in [-0.1, -0.05) is 6.58 Å². The summed E-state index contributed by atoms with van der Waals surface area (Å²) in [4.78, 5) is 10.6. The molecule has 45 valence electrons. The lowest BCUT2D eigenvalue weighted by Crippen LogP contribution is -1.88. The van der Waals surface area contributed by atoms with E-state index in [1.54, 1.807) is 12.1 Å². The Labute approximate surface area is 52.8 Å². The molecule has 1 radical (unpaired) electrons. The molecule has 2 nitrogen and oxygen atoms in total. The Morgan fingerprint density at radius 2 is 2.56 bits per heavy atom. The lowest BCUT2D eigenvalue weighted by atomic mass is 10.3. The van der Waals surface area contributed by atoms with Crippen molar-refractivity contribution in [3.63, 3.8) is 0 Å². The number of furan rings is 1. The van der Waals surface area contributed by atoms with Crippen LogP contribution in [0.1, 0.15) is 10.6 Å². The molecule has 9 heavy (non-hydrogen) atoms. The van der Waals surface area contributed by atoms with Crippen LogP contribution in [0.5, 0.6) is 0 Å². The maximum atomic E-state index is 10.6. The molecule has 2 heteroatoms. The lowest BCUT2D eigenvalue weighted by molar-refractivity contribution is 0.102. The molecular formula is C7H5O2. The van der Waals surface area contributed by atoms with Crippen molar-refractivity contribution in [1.82, 2.24) is 0 Å². The van der Waals surface area contributed by atoms with Gasteiger partial charge in [0, 0.05) is 0 Å². The average molecular weight is 121 g/mol. The SMILES string of the molecule is [CH]=CC(=O)c1ccco1. The summed E-state index contributed by atoms with van der Waals surface area (Å²) in [6, 6.07) is 3.20. The van der Waals surface area contributed by atoms with E-state index >= 15 is 0 Å². The predicted molar refractivity (Wildman–Crippen MR) is 31.9 cm³/mol. The van der Waals surface area contributed by atoms with E-state index in [4.69, 9.17) is 11.0 Å². The molecule has 0 amide bonds. The van der Waals surface area contributed by atoms with Gasteiger partial charge in [-0.05, 0) is 18.2 Å². The Morgan fingerprint density at radius 1 is 1.78 bits per heavy atom. The van der Waals surface area contributed by atoms with Crippen LogP contribution in [0.4, 0.5) is 0 Å². The van der Waals surface area contributed by atoms with E-state index in [1.807, 2.05) is 0 Å². The van der Waals surface area contributed by atoms with Crippen molar-refractivity contribution in [3.8, 4) is 0 Å². The third-order valence-electron chi connectivity index (χ3n) is 0.915. The van der Waals surface area contributed by atoms with Gasteiger partial charge in [-0.15, -0.1) is 0 Å². The minimum atomic E-state index is -0.292. The molecule has 0 aliphatic heterocycles. The maximum absolute atomic E-state index is 10.6. The molecular weight excluding hydrogens is 116 g/mol. The van der Waals surface area contributed by atoms with Crippen LogP contribution >= 0.6 is 0 Å². The molecule has 0 saturated carbocycles. The van der Waals surface area contributed by atoms with Gasteiger partial charge < -0.3 is 4.42 Å². The molecule has 1 heterocycles. The van der Waals surface area contributed by atoms with Gasteiger partial charge in [0.05, 0.1) is 6.26 Å². The molecule has 0 N–H and O–H groups in total. The van der Waals surface area contributed by atoms with Crippen LogP contribution in [-0.2, 0) is 0 Å². The Balaban J connectivity index is 2.89. The molecule has 0 atom stereocenters. The number of hydrogen-bond acceptors (Lipinski definition) is 2. The van der Waals surface area contributed by atoms with Crippen LogP contribution in [0.25, 0.3) is 0 Å². The normalized spacial score (nSPS) is 8.89. The van der Waals surface area contributed by atoms with E-state index in [-0.39, 0.29) is 11.5 Å². The predicted octanol–water partition coefficient (Wildman–Crippen LogP) is 1.45.